The first-order chi connectivity index (χ1) is 10.3. The monoisotopic (exact) mass is 288 g/mol. The molecule has 1 unspecified atom stereocenters. The number of nitrogens with one attached hydrogen (secondary N) is 1. The molecule has 114 valence electrons. The lowest BCUT2D eigenvalue weighted by atomic mass is 10.1. The minimum absolute atomic E-state index is 0.106. The highest BCUT2D eigenvalue weighted by atomic mass is 16.5. The minimum atomic E-state index is 0.106. The zero-order chi connectivity index (χ0) is 14.5. The first kappa shape index (κ1) is 14.5. The van der Waals surface area contributed by atoms with Crippen molar-refractivity contribution in [1.29, 1.82) is 0 Å². The van der Waals surface area contributed by atoms with E-state index in [4.69, 9.17) is 4.74 Å². The van der Waals surface area contributed by atoms with Gasteiger partial charge < -0.3 is 10.1 Å². The zero-order valence-electron chi connectivity index (χ0n) is 12.5. The lowest BCUT2D eigenvalue weighted by Gasteiger charge is -2.24. The number of amides is 1. The fourth-order valence-corrected chi connectivity index (χ4v) is 2.91. The maximum Gasteiger partial charge on any atom is 0.225 e. The van der Waals surface area contributed by atoms with E-state index in [0.717, 1.165) is 32.0 Å². The van der Waals surface area contributed by atoms with Crippen molar-refractivity contribution in [2.75, 3.05) is 31.6 Å². The number of rotatable bonds is 7. The third-order valence-corrected chi connectivity index (χ3v) is 4.26. The fourth-order valence-electron chi connectivity index (χ4n) is 2.91. The number of carbonyl (C=O) groups excluding carboxylic acids is 1. The van der Waals surface area contributed by atoms with Crippen molar-refractivity contribution in [3.8, 4) is 0 Å². The number of nitrogens with zero attached hydrogens (tertiary/aromatic N) is 1. The van der Waals surface area contributed by atoms with Gasteiger partial charge in [-0.3, -0.25) is 9.69 Å². The van der Waals surface area contributed by atoms with Gasteiger partial charge in [0, 0.05) is 37.8 Å². The van der Waals surface area contributed by atoms with Crippen LogP contribution in [0.15, 0.2) is 30.3 Å². The quantitative estimate of drug-likeness (QED) is 0.838. The number of benzene rings is 1. The second-order valence-corrected chi connectivity index (χ2v) is 6.12. The SMILES string of the molecule is O=C(CCN(CC1CCOC1)C1CC1)Nc1ccccc1. The molecule has 0 aromatic heterocycles. The van der Waals surface area contributed by atoms with Crippen LogP contribution in [0.2, 0.25) is 0 Å². The molecule has 0 radical (unpaired) electrons. The Labute approximate surface area is 126 Å². The summed E-state index contributed by atoms with van der Waals surface area (Å²) in [7, 11) is 0. The summed E-state index contributed by atoms with van der Waals surface area (Å²) in [6.07, 6.45) is 4.31. The van der Waals surface area contributed by atoms with Crippen LogP contribution in [0.1, 0.15) is 25.7 Å². The van der Waals surface area contributed by atoms with Crippen molar-refractivity contribution < 1.29 is 9.53 Å². The molecule has 0 spiro atoms. The van der Waals surface area contributed by atoms with Gasteiger partial charge in [0.05, 0.1) is 6.61 Å². The highest BCUT2D eigenvalue weighted by Gasteiger charge is 2.31. The van der Waals surface area contributed by atoms with E-state index in [0.29, 0.717) is 18.4 Å². The molecule has 1 aromatic carbocycles. The highest BCUT2D eigenvalue weighted by Crippen LogP contribution is 2.29. The highest BCUT2D eigenvalue weighted by molar-refractivity contribution is 5.90. The molecular formula is C17H24N2O2. The van der Waals surface area contributed by atoms with E-state index in [-0.39, 0.29) is 5.91 Å². The molecule has 1 aliphatic carbocycles. The van der Waals surface area contributed by atoms with Gasteiger partial charge in [-0.05, 0) is 37.3 Å². The summed E-state index contributed by atoms with van der Waals surface area (Å²) in [6.45, 7) is 3.74. The molecule has 4 heteroatoms. The average molecular weight is 288 g/mol. The second kappa shape index (κ2) is 7.05. The van der Waals surface area contributed by atoms with Gasteiger partial charge in [-0.25, -0.2) is 0 Å². The van der Waals surface area contributed by atoms with E-state index in [1.54, 1.807) is 0 Å². The lowest BCUT2D eigenvalue weighted by Crippen LogP contribution is -2.34. The summed E-state index contributed by atoms with van der Waals surface area (Å²) >= 11 is 0. The Kier molecular flexibility index (Phi) is 4.88. The topological polar surface area (TPSA) is 41.6 Å². The Morgan fingerprint density at radius 2 is 2.05 bits per heavy atom. The van der Waals surface area contributed by atoms with Crippen LogP contribution >= 0.6 is 0 Å². The predicted octanol–water partition coefficient (Wildman–Crippen LogP) is 2.52. The summed E-state index contributed by atoms with van der Waals surface area (Å²) in [5, 5.41) is 2.96. The number of hydrogen-bond acceptors (Lipinski definition) is 3. The lowest BCUT2D eigenvalue weighted by molar-refractivity contribution is -0.116. The molecule has 1 N–H and O–H groups in total. The van der Waals surface area contributed by atoms with Crippen LogP contribution < -0.4 is 5.32 Å². The molecule has 2 fully saturated rings. The van der Waals surface area contributed by atoms with Gasteiger partial charge in [0.15, 0.2) is 0 Å². The van der Waals surface area contributed by atoms with Crippen LogP contribution in [0, 0.1) is 5.92 Å². The molecule has 1 aromatic rings. The number of ether oxygens (including phenoxy) is 1. The van der Waals surface area contributed by atoms with E-state index in [1.807, 2.05) is 30.3 Å². The Morgan fingerprint density at radius 1 is 1.24 bits per heavy atom. The number of carbonyl (C=O) groups is 1. The van der Waals surface area contributed by atoms with Gasteiger partial charge in [-0.2, -0.15) is 0 Å². The van der Waals surface area contributed by atoms with Gasteiger partial charge in [0.1, 0.15) is 0 Å². The molecule has 1 heterocycles. The van der Waals surface area contributed by atoms with Gasteiger partial charge in [-0.15, -0.1) is 0 Å². The first-order valence-electron chi connectivity index (χ1n) is 7.98. The van der Waals surface area contributed by atoms with Crippen LogP contribution in [0.25, 0.3) is 0 Å². The molecule has 1 saturated heterocycles. The molecular weight excluding hydrogens is 264 g/mol. The van der Waals surface area contributed by atoms with Crippen LogP contribution in [-0.4, -0.2) is 43.2 Å². The summed E-state index contributed by atoms with van der Waals surface area (Å²) in [5.41, 5.74) is 0.879. The number of para-hydroxylation sites is 1. The summed E-state index contributed by atoms with van der Waals surface area (Å²) in [6, 6.07) is 10.4. The normalized spacial score (nSPS) is 21.7. The van der Waals surface area contributed by atoms with Crippen molar-refractivity contribution in [2.45, 2.75) is 31.7 Å². The molecule has 4 nitrogen and oxygen atoms in total. The molecule has 1 atom stereocenters. The minimum Gasteiger partial charge on any atom is -0.381 e. The Morgan fingerprint density at radius 3 is 2.71 bits per heavy atom. The molecule has 0 bridgehead atoms. The average Bonchev–Trinajstić information content (AvgIpc) is 3.22. The smallest absolute Gasteiger partial charge is 0.225 e. The van der Waals surface area contributed by atoms with Crippen molar-refractivity contribution in [3.63, 3.8) is 0 Å². The van der Waals surface area contributed by atoms with Crippen LogP contribution in [0.3, 0.4) is 0 Å². The maximum atomic E-state index is 12.0. The third-order valence-electron chi connectivity index (χ3n) is 4.26. The Balaban J connectivity index is 1.44. The van der Waals surface area contributed by atoms with Gasteiger partial charge >= 0.3 is 0 Å². The molecule has 1 saturated carbocycles. The van der Waals surface area contributed by atoms with E-state index in [1.165, 1.54) is 19.3 Å². The molecule has 1 aliphatic heterocycles. The van der Waals surface area contributed by atoms with Gasteiger partial charge in [-0.1, -0.05) is 18.2 Å². The van der Waals surface area contributed by atoms with E-state index in [9.17, 15) is 4.79 Å². The first-order valence-corrected chi connectivity index (χ1v) is 7.98. The second-order valence-electron chi connectivity index (χ2n) is 6.12. The van der Waals surface area contributed by atoms with Crippen molar-refractivity contribution >= 4 is 11.6 Å². The summed E-state index contributed by atoms with van der Waals surface area (Å²) in [4.78, 5) is 14.5. The van der Waals surface area contributed by atoms with Crippen LogP contribution in [0.5, 0.6) is 0 Å². The Hall–Kier alpha value is -1.39. The van der Waals surface area contributed by atoms with Crippen molar-refractivity contribution in [3.05, 3.63) is 30.3 Å². The zero-order valence-corrected chi connectivity index (χ0v) is 12.5. The molecule has 2 aliphatic rings. The van der Waals surface area contributed by atoms with Crippen LogP contribution in [-0.2, 0) is 9.53 Å². The number of hydrogen-bond donors (Lipinski definition) is 1. The van der Waals surface area contributed by atoms with Crippen molar-refractivity contribution in [1.82, 2.24) is 4.90 Å². The van der Waals surface area contributed by atoms with Gasteiger partial charge in [0.25, 0.3) is 0 Å². The largest absolute Gasteiger partial charge is 0.381 e. The molecule has 21 heavy (non-hydrogen) atoms. The molecule has 3 rings (SSSR count). The summed E-state index contributed by atoms with van der Waals surface area (Å²) < 4.78 is 5.46. The standard InChI is InChI=1S/C17H24N2O2/c20-17(18-15-4-2-1-3-5-15)8-10-19(16-6-7-16)12-14-9-11-21-13-14/h1-5,14,16H,6-13H2,(H,18,20). The van der Waals surface area contributed by atoms with E-state index < -0.39 is 0 Å². The Bertz CT molecular complexity index is 453. The van der Waals surface area contributed by atoms with Crippen LogP contribution in [0.4, 0.5) is 5.69 Å². The predicted molar refractivity (Wildman–Crippen MR) is 83.2 cm³/mol. The fraction of sp³-hybridized carbons (Fsp3) is 0.588. The van der Waals surface area contributed by atoms with E-state index in [2.05, 4.69) is 10.2 Å². The molecule has 1 amide bonds. The van der Waals surface area contributed by atoms with Gasteiger partial charge in [0.2, 0.25) is 5.91 Å². The summed E-state index contributed by atoms with van der Waals surface area (Å²) in [5.74, 6) is 0.761. The number of anilines is 1. The third kappa shape index (κ3) is 4.55. The maximum absolute atomic E-state index is 12.0. The van der Waals surface area contributed by atoms with Crippen molar-refractivity contribution in [2.24, 2.45) is 5.92 Å². The van der Waals surface area contributed by atoms with E-state index >= 15 is 0 Å².